The third-order valence-electron chi connectivity index (χ3n) is 4.55. The molecule has 0 saturated heterocycles. The number of nitro benzene ring substituents is 1. The van der Waals surface area contributed by atoms with E-state index >= 15 is 0 Å². The standard InChI is InChI=1S/C20H19N3O5/c1-13(18-11-14-6-3-4-9-17(14)28-18)22(2)19(24)12-21-20(25)15-7-5-8-16(10-15)23(26)27/h3-11,13H,12H2,1-2H3,(H,21,25)/t13-/m1/s1. The van der Waals surface area contributed by atoms with E-state index in [-0.39, 0.29) is 29.7 Å². The highest BCUT2D eigenvalue weighted by molar-refractivity contribution is 5.97. The van der Waals surface area contributed by atoms with Gasteiger partial charge in [-0.1, -0.05) is 24.3 Å². The monoisotopic (exact) mass is 381 g/mol. The lowest BCUT2D eigenvalue weighted by Crippen LogP contribution is -2.39. The number of hydrogen-bond acceptors (Lipinski definition) is 5. The molecular formula is C20H19N3O5. The van der Waals surface area contributed by atoms with Gasteiger partial charge in [0.2, 0.25) is 5.91 Å². The molecule has 1 N–H and O–H groups in total. The summed E-state index contributed by atoms with van der Waals surface area (Å²) in [6.07, 6.45) is 0. The van der Waals surface area contributed by atoms with Crippen molar-refractivity contribution >= 4 is 28.5 Å². The van der Waals surface area contributed by atoms with E-state index in [2.05, 4.69) is 5.32 Å². The van der Waals surface area contributed by atoms with Crippen molar-refractivity contribution in [3.63, 3.8) is 0 Å². The molecule has 0 unspecified atom stereocenters. The van der Waals surface area contributed by atoms with Crippen LogP contribution in [0.15, 0.2) is 59.0 Å². The number of nitro groups is 1. The van der Waals surface area contributed by atoms with Crippen molar-refractivity contribution < 1.29 is 18.9 Å². The van der Waals surface area contributed by atoms with Gasteiger partial charge < -0.3 is 14.6 Å². The second kappa shape index (κ2) is 7.91. The van der Waals surface area contributed by atoms with Crippen LogP contribution in [0.3, 0.4) is 0 Å². The summed E-state index contributed by atoms with van der Waals surface area (Å²) in [5.74, 6) is -0.226. The molecule has 28 heavy (non-hydrogen) atoms. The van der Waals surface area contributed by atoms with Gasteiger partial charge in [0.15, 0.2) is 0 Å². The lowest BCUT2D eigenvalue weighted by Gasteiger charge is -2.23. The number of likely N-dealkylation sites (N-methyl/N-ethyl adjacent to an activating group) is 1. The Hall–Kier alpha value is -3.68. The van der Waals surface area contributed by atoms with Crippen molar-refractivity contribution in [1.82, 2.24) is 10.2 Å². The van der Waals surface area contributed by atoms with Crippen LogP contribution in [0, 0.1) is 10.1 Å². The predicted octanol–water partition coefficient (Wildman–Crippen LogP) is 3.29. The second-order valence-corrected chi connectivity index (χ2v) is 6.36. The first-order valence-corrected chi connectivity index (χ1v) is 8.63. The van der Waals surface area contributed by atoms with Crippen LogP contribution in [0.5, 0.6) is 0 Å². The number of nitrogens with zero attached hydrogens (tertiary/aromatic N) is 2. The van der Waals surface area contributed by atoms with E-state index in [0.717, 1.165) is 11.0 Å². The van der Waals surface area contributed by atoms with Crippen molar-refractivity contribution in [1.29, 1.82) is 0 Å². The van der Waals surface area contributed by atoms with Gasteiger partial charge in [0.1, 0.15) is 11.3 Å². The highest BCUT2D eigenvalue weighted by Crippen LogP contribution is 2.26. The molecule has 0 saturated carbocycles. The Morgan fingerprint density at radius 2 is 1.93 bits per heavy atom. The molecule has 0 aliphatic carbocycles. The van der Waals surface area contributed by atoms with Crippen LogP contribution in [0.25, 0.3) is 11.0 Å². The third kappa shape index (κ3) is 4.01. The summed E-state index contributed by atoms with van der Waals surface area (Å²) in [5.41, 5.74) is 0.675. The van der Waals surface area contributed by atoms with Gasteiger partial charge in [-0.25, -0.2) is 0 Å². The molecule has 1 heterocycles. The molecule has 0 radical (unpaired) electrons. The van der Waals surface area contributed by atoms with E-state index in [1.54, 1.807) is 7.05 Å². The lowest BCUT2D eigenvalue weighted by molar-refractivity contribution is -0.384. The first-order valence-electron chi connectivity index (χ1n) is 8.63. The number of carbonyl (C=O) groups is 2. The number of benzene rings is 2. The average Bonchev–Trinajstić information content (AvgIpc) is 3.14. The molecule has 1 atom stereocenters. The maximum absolute atomic E-state index is 12.4. The summed E-state index contributed by atoms with van der Waals surface area (Å²) in [7, 11) is 1.62. The van der Waals surface area contributed by atoms with Crippen LogP contribution in [-0.4, -0.2) is 35.2 Å². The van der Waals surface area contributed by atoms with Crippen LogP contribution in [0.4, 0.5) is 5.69 Å². The number of nitrogens with one attached hydrogen (secondary N) is 1. The maximum atomic E-state index is 12.4. The molecule has 0 spiro atoms. The summed E-state index contributed by atoms with van der Waals surface area (Å²) in [6.45, 7) is 1.60. The molecule has 3 rings (SSSR count). The van der Waals surface area contributed by atoms with Crippen LogP contribution in [0.2, 0.25) is 0 Å². The normalized spacial score (nSPS) is 11.8. The zero-order valence-electron chi connectivity index (χ0n) is 15.4. The minimum absolute atomic E-state index is 0.120. The highest BCUT2D eigenvalue weighted by Gasteiger charge is 2.21. The Bertz CT molecular complexity index is 1010. The van der Waals surface area contributed by atoms with E-state index in [4.69, 9.17) is 4.42 Å². The van der Waals surface area contributed by atoms with Crippen LogP contribution in [-0.2, 0) is 4.79 Å². The van der Waals surface area contributed by atoms with Crippen molar-refractivity contribution in [2.45, 2.75) is 13.0 Å². The molecule has 0 fully saturated rings. The summed E-state index contributed by atoms with van der Waals surface area (Å²) in [6, 6.07) is 14.5. The number of non-ortho nitro benzene ring substituents is 1. The van der Waals surface area contributed by atoms with Gasteiger partial charge in [-0.05, 0) is 25.1 Å². The third-order valence-corrected chi connectivity index (χ3v) is 4.55. The number of carbonyl (C=O) groups excluding carboxylic acids is 2. The first kappa shape index (κ1) is 19.1. The molecule has 1 aromatic heterocycles. The van der Waals surface area contributed by atoms with E-state index in [1.165, 1.54) is 29.2 Å². The fourth-order valence-corrected chi connectivity index (χ4v) is 2.76. The molecule has 8 heteroatoms. The van der Waals surface area contributed by atoms with Crippen LogP contribution < -0.4 is 5.32 Å². The Balaban J connectivity index is 1.62. The number of fused-ring (bicyclic) bond motifs is 1. The molecule has 0 bridgehead atoms. The smallest absolute Gasteiger partial charge is 0.270 e. The van der Waals surface area contributed by atoms with Crippen LogP contribution >= 0.6 is 0 Å². The number of rotatable bonds is 6. The fourth-order valence-electron chi connectivity index (χ4n) is 2.76. The van der Waals surface area contributed by atoms with Gasteiger partial charge in [-0.2, -0.15) is 0 Å². The molecule has 8 nitrogen and oxygen atoms in total. The molecule has 2 aromatic carbocycles. The predicted molar refractivity (Wildman–Crippen MR) is 103 cm³/mol. The topological polar surface area (TPSA) is 106 Å². The van der Waals surface area contributed by atoms with Gasteiger partial charge in [0, 0.05) is 30.1 Å². The Morgan fingerprint density at radius 3 is 2.64 bits per heavy atom. The molecule has 0 aliphatic rings. The summed E-state index contributed by atoms with van der Waals surface area (Å²) in [4.78, 5) is 36.3. The first-order chi connectivity index (χ1) is 13.4. The van der Waals surface area contributed by atoms with E-state index in [9.17, 15) is 19.7 Å². The summed E-state index contributed by atoms with van der Waals surface area (Å²) >= 11 is 0. The zero-order chi connectivity index (χ0) is 20.3. The molecule has 2 amide bonds. The number of amides is 2. The Morgan fingerprint density at radius 1 is 1.18 bits per heavy atom. The Kier molecular flexibility index (Phi) is 5.39. The highest BCUT2D eigenvalue weighted by atomic mass is 16.6. The molecular weight excluding hydrogens is 362 g/mol. The largest absolute Gasteiger partial charge is 0.459 e. The summed E-state index contributed by atoms with van der Waals surface area (Å²) in [5, 5.41) is 14.3. The molecule has 144 valence electrons. The van der Waals surface area contributed by atoms with Crippen LogP contribution in [0.1, 0.15) is 29.1 Å². The van der Waals surface area contributed by atoms with E-state index in [1.807, 2.05) is 37.3 Å². The minimum Gasteiger partial charge on any atom is -0.459 e. The number of hydrogen-bond donors (Lipinski definition) is 1. The van der Waals surface area contributed by atoms with Gasteiger partial charge >= 0.3 is 0 Å². The number of para-hydroxylation sites is 1. The maximum Gasteiger partial charge on any atom is 0.270 e. The fraction of sp³-hybridized carbons (Fsp3) is 0.200. The lowest BCUT2D eigenvalue weighted by atomic mass is 10.2. The van der Waals surface area contributed by atoms with E-state index < -0.39 is 10.8 Å². The molecule has 0 aliphatic heterocycles. The van der Waals surface area contributed by atoms with Crippen molar-refractivity contribution in [3.05, 3.63) is 76.0 Å². The number of furan rings is 1. The minimum atomic E-state index is -0.579. The quantitative estimate of drug-likeness (QED) is 0.521. The zero-order valence-corrected chi connectivity index (χ0v) is 15.4. The average molecular weight is 381 g/mol. The summed E-state index contributed by atoms with van der Waals surface area (Å²) < 4.78 is 5.79. The Labute approximate surface area is 160 Å². The van der Waals surface area contributed by atoms with Crippen molar-refractivity contribution in [2.24, 2.45) is 0 Å². The van der Waals surface area contributed by atoms with Gasteiger partial charge in [-0.15, -0.1) is 0 Å². The SMILES string of the molecule is C[C@H](c1cc2ccccc2o1)N(C)C(=O)CNC(=O)c1cccc([N+](=O)[O-])c1. The van der Waals surface area contributed by atoms with E-state index in [0.29, 0.717) is 5.76 Å². The van der Waals surface area contributed by atoms with Gasteiger partial charge in [0.25, 0.3) is 11.6 Å². The molecule has 3 aromatic rings. The van der Waals surface area contributed by atoms with Gasteiger partial charge in [0.05, 0.1) is 17.5 Å². The van der Waals surface area contributed by atoms with Crippen molar-refractivity contribution in [2.75, 3.05) is 13.6 Å². The van der Waals surface area contributed by atoms with Crippen molar-refractivity contribution in [3.8, 4) is 0 Å². The second-order valence-electron chi connectivity index (χ2n) is 6.36. The van der Waals surface area contributed by atoms with Gasteiger partial charge in [-0.3, -0.25) is 19.7 Å².